The highest BCUT2D eigenvalue weighted by Crippen LogP contribution is 2.27. The highest BCUT2D eigenvalue weighted by molar-refractivity contribution is 7.10. The molecule has 1 amide bonds. The van der Waals surface area contributed by atoms with Crippen LogP contribution in [0.5, 0.6) is 0 Å². The molecule has 0 fully saturated rings. The molecule has 0 aliphatic rings. The first-order chi connectivity index (χ1) is 14.0. The molecule has 0 unspecified atom stereocenters. The van der Waals surface area contributed by atoms with Crippen LogP contribution in [0, 0.1) is 20.8 Å². The molecule has 0 aliphatic heterocycles. The molecule has 0 aliphatic carbocycles. The number of nitrogens with zero attached hydrogens (tertiary/aromatic N) is 5. The van der Waals surface area contributed by atoms with Gasteiger partial charge in [0.15, 0.2) is 11.5 Å². The van der Waals surface area contributed by atoms with Crippen LogP contribution in [0.25, 0.3) is 17.2 Å². The van der Waals surface area contributed by atoms with Gasteiger partial charge in [-0.3, -0.25) is 10.1 Å². The highest BCUT2D eigenvalue weighted by Gasteiger charge is 2.19. The number of carbonyl (C=O) groups is 1. The summed E-state index contributed by atoms with van der Waals surface area (Å²) in [7, 11) is 0. The molecule has 0 radical (unpaired) electrons. The van der Waals surface area contributed by atoms with Crippen LogP contribution in [0.1, 0.15) is 27.2 Å². The maximum absolute atomic E-state index is 12.5. The van der Waals surface area contributed by atoms with Gasteiger partial charge in [0, 0.05) is 22.1 Å². The molecule has 1 N–H and O–H groups in total. The lowest BCUT2D eigenvalue weighted by Crippen LogP contribution is -2.13. The van der Waals surface area contributed by atoms with Crippen LogP contribution in [0.4, 0.5) is 5.13 Å². The van der Waals surface area contributed by atoms with Crippen molar-refractivity contribution in [2.24, 2.45) is 0 Å². The summed E-state index contributed by atoms with van der Waals surface area (Å²) in [5.41, 5.74) is 4.58. The second-order valence-electron chi connectivity index (χ2n) is 6.51. The van der Waals surface area contributed by atoms with Gasteiger partial charge in [-0.1, -0.05) is 41.1 Å². The fourth-order valence-corrected chi connectivity index (χ4v) is 3.69. The maximum Gasteiger partial charge on any atom is 0.257 e. The molecule has 2 aromatic carbocycles. The first-order valence-electron chi connectivity index (χ1n) is 8.84. The largest absolute Gasteiger partial charge is 0.297 e. The Kier molecular flexibility index (Phi) is 5.12. The van der Waals surface area contributed by atoms with Gasteiger partial charge in [0.2, 0.25) is 5.13 Å². The van der Waals surface area contributed by atoms with Gasteiger partial charge in [-0.05, 0) is 50.1 Å². The van der Waals surface area contributed by atoms with Crippen LogP contribution in [-0.2, 0) is 0 Å². The average molecular weight is 425 g/mol. The van der Waals surface area contributed by atoms with Gasteiger partial charge in [0.05, 0.1) is 11.4 Å². The van der Waals surface area contributed by atoms with Gasteiger partial charge >= 0.3 is 0 Å². The molecule has 2 heterocycles. The van der Waals surface area contributed by atoms with E-state index in [-0.39, 0.29) is 5.91 Å². The molecule has 2 aromatic heterocycles. The molecule has 0 bridgehead atoms. The molecule has 0 atom stereocenters. The number of hydrogen-bond acceptors (Lipinski definition) is 6. The number of amides is 1. The monoisotopic (exact) mass is 424 g/mol. The minimum Gasteiger partial charge on any atom is -0.297 e. The Bertz CT molecular complexity index is 1220. The molecular formula is C20H17ClN6OS. The lowest BCUT2D eigenvalue weighted by Gasteiger charge is -2.08. The van der Waals surface area contributed by atoms with Crippen molar-refractivity contribution in [3.05, 3.63) is 69.9 Å². The third-order valence-electron chi connectivity index (χ3n) is 4.61. The number of benzene rings is 2. The van der Waals surface area contributed by atoms with Crippen LogP contribution < -0.4 is 5.32 Å². The zero-order valence-corrected chi connectivity index (χ0v) is 17.5. The van der Waals surface area contributed by atoms with E-state index in [4.69, 9.17) is 11.6 Å². The van der Waals surface area contributed by atoms with Crippen LogP contribution in [0.2, 0.25) is 5.02 Å². The van der Waals surface area contributed by atoms with E-state index in [0.717, 1.165) is 34.0 Å². The van der Waals surface area contributed by atoms with Gasteiger partial charge in [0.1, 0.15) is 0 Å². The first kappa shape index (κ1) is 19.2. The van der Waals surface area contributed by atoms with E-state index >= 15 is 0 Å². The van der Waals surface area contributed by atoms with Crippen molar-refractivity contribution >= 4 is 34.2 Å². The van der Waals surface area contributed by atoms with E-state index in [1.807, 2.05) is 57.2 Å². The van der Waals surface area contributed by atoms with E-state index in [2.05, 4.69) is 25.0 Å². The van der Waals surface area contributed by atoms with E-state index in [0.29, 0.717) is 27.2 Å². The number of nitrogens with one attached hydrogen (secondary N) is 1. The summed E-state index contributed by atoms with van der Waals surface area (Å²) in [5, 5.41) is 12.3. The molecule has 146 valence electrons. The molecule has 7 nitrogen and oxygen atoms in total. The van der Waals surface area contributed by atoms with Crippen molar-refractivity contribution in [2.75, 3.05) is 5.32 Å². The lowest BCUT2D eigenvalue weighted by atomic mass is 10.1. The summed E-state index contributed by atoms with van der Waals surface area (Å²) >= 11 is 7.33. The van der Waals surface area contributed by atoms with Crippen molar-refractivity contribution in [3.63, 3.8) is 0 Å². The Hall–Kier alpha value is -3.10. The Morgan fingerprint density at radius 1 is 1.10 bits per heavy atom. The first-order valence-corrected chi connectivity index (χ1v) is 9.99. The minimum absolute atomic E-state index is 0.222. The summed E-state index contributed by atoms with van der Waals surface area (Å²) in [4.78, 5) is 16.9. The zero-order chi connectivity index (χ0) is 20.5. The second-order valence-corrected chi connectivity index (χ2v) is 7.67. The second kappa shape index (κ2) is 7.73. The number of halogens is 1. The Morgan fingerprint density at radius 3 is 2.69 bits per heavy atom. The molecular weight excluding hydrogens is 408 g/mol. The summed E-state index contributed by atoms with van der Waals surface area (Å²) in [5.74, 6) is 0.194. The van der Waals surface area contributed by atoms with Crippen molar-refractivity contribution in [2.45, 2.75) is 20.8 Å². The van der Waals surface area contributed by atoms with E-state index < -0.39 is 0 Å². The Balaban J connectivity index is 1.61. The standard InChI is InChI=1S/C20H17ClN6OS/c1-11-7-4-5-8-14(11)19(28)23-20-22-18(25-29-20)17-13(3)27(26-24-17)16-10-6-9-15(21)12(16)2/h4-10H,1-3H3,(H,22,23,25,28). The summed E-state index contributed by atoms with van der Waals surface area (Å²) in [6, 6.07) is 13.0. The quantitative estimate of drug-likeness (QED) is 0.516. The van der Waals surface area contributed by atoms with Gasteiger partial charge in [-0.2, -0.15) is 9.36 Å². The average Bonchev–Trinajstić information content (AvgIpc) is 3.31. The van der Waals surface area contributed by atoms with Crippen molar-refractivity contribution in [1.82, 2.24) is 24.4 Å². The molecule has 0 saturated heterocycles. The number of rotatable bonds is 4. The van der Waals surface area contributed by atoms with Gasteiger partial charge in [0.25, 0.3) is 5.91 Å². The topological polar surface area (TPSA) is 85.6 Å². The third kappa shape index (κ3) is 3.64. The summed E-state index contributed by atoms with van der Waals surface area (Å²) in [6.45, 7) is 5.71. The number of hydrogen-bond donors (Lipinski definition) is 1. The molecule has 29 heavy (non-hydrogen) atoms. The maximum atomic E-state index is 12.5. The van der Waals surface area contributed by atoms with Crippen LogP contribution in [0.15, 0.2) is 42.5 Å². The summed E-state index contributed by atoms with van der Waals surface area (Å²) in [6.07, 6.45) is 0. The molecule has 4 rings (SSSR count). The van der Waals surface area contributed by atoms with Gasteiger partial charge < -0.3 is 0 Å². The van der Waals surface area contributed by atoms with Crippen LogP contribution >= 0.6 is 23.1 Å². The lowest BCUT2D eigenvalue weighted by molar-refractivity contribution is 0.102. The van der Waals surface area contributed by atoms with E-state index in [1.54, 1.807) is 10.7 Å². The normalized spacial score (nSPS) is 10.9. The van der Waals surface area contributed by atoms with Crippen LogP contribution in [0.3, 0.4) is 0 Å². The minimum atomic E-state index is -0.222. The smallest absolute Gasteiger partial charge is 0.257 e. The van der Waals surface area contributed by atoms with E-state index in [1.165, 1.54) is 0 Å². The number of carbonyl (C=O) groups excluding carboxylic acids is 1. The van der Waals surface area contributed by atoms with E-state index in [9.17, 15) is 4.79 Å². The summed E-state index contributed by atoms with van der Waals surface area (Å²) < 4.78 is 6.05. The zero-order valence-electron chi connectivity index (χ0n) is 16.0. The predicted molar refractivity (Wildman–Crippen MR) is 114 cm³/mol. The number of aromatic nitrogens is 5. The Morgan fingerprint density at radius 2 is 1.90 bits per heavy atom. The van der Waals surface area contributed by atoms with Gasteiger partial charge in [-0.25, -0.2) is 4.68 Å². The SMILES string of the molecule is Cc1ccccc1C(=O)Nc1nc(-c2nnn(-c3cccc(Cl)c3C)c2C)ns1. The fraction of sp³-hybridized carbons (Fsp3) is 0.150. The third-order valence-corrected chi connectivity index (χ3v) is 5.65. The molecule has 9 heteroatoms. The number of aryl methyl sites for hydroxylation is 1. The van der Waals surface area contributed by atoms with Gasteiger partial charge in [-0.15, -0.1) is 5.10 Å². The fourth-order valence-electron chi connectivity index (χ4n) is 2.95. The van der Waals surface area contributed by atoms with Crippen molar-refractivity contribution < 1.29 is 4.79 Å². The number of anilines is 1. The highest BCUT2D eigenvalue weighted by atomic mass is 35.5. The molecule has 4 aromatic rings. The molecule has 0 spiro atoms. The van der Waals surface area contributed by atoms with Crippen molar-refractivity contribution in [1.29, 1.82) is 0 Å². The predicted octanol–water partition coefficient (Wildman–Crippen LogP) is 4.62. The molecule has 0 saturated carbocycles. The van der Waals surface area contributed by atoms with Crippen LogP contribution in [-0.4, -0.2) is 30.3 Å². The Labute approximate surface area is 176 Å². The van der Waals surface area contributed by atoms with Crippen molar-refractivity contribution in [3.8, 4) is 17.2 Å².